The van der Waals surface area contributed by atoms with E-state index >= 15 is 0 Å². The Morgan fingerprint density at radius 2 is 2.12 bits per heavy atom. The number of halogens is 3. The fourth-order valence-corrected chi connectivity index (χ4v) is 0.995. The van der Waals surface area contributed by atoms with Gasteiger partial charge in [0.1, 0.15) is 0 Å². The van der Waals surface area contributed by atoms with Gasteiger partial charge in [0.15, 0.2) is 5.75 Å². The molecule has 0 aliphatic carbocycles. The van der Waals surface area contributed by atoms with Crippen LogP contribution in [0.15, 0.2) is 10.9 Å². The van der Waals surface area contributed by atoms with Gasteiger partial charge in [0.25, 0.3) is 5.56 Å². The maximum atomic E-state index is 11.9. The minimum Gasteiger partial charge on any atom is -0.491 e. The summed E-state index contributed by atoms with van der Waals surface area (Å²) < 4.78 is 43.9. The molecule has 0 bridgehead atoms. The predicted octanol–water partition coefficient (Wildman–Crippen LogP) is 0.774. The van der Waals surface area contributed by atoms with Crippen LogP contribution in [0.4, 0.5) is 13.2 Å². The third kappa shape index (κ3) is 2.89. The van der Waals surface area contributed by atoms with Gasteiger partial charge in [-0.2, -0.15) is 0 Å². The van der Waals surface area contributed by atoms with Crippen molar-refractivity contribution in [2.24, 2.45) is 0 Å². The predicted molar refractivity (Wildman–Crippen MR) is 46.2 cm³/mol. The molecular weight excluding hydrogens is 231 g/mol. The number of aromatic amines is 1. The van der Waals surface area contributed by atoms with E-state index in [1.54, 1.807) is 0 Å². The zero-order valence-corrected chi connectivity index (χ0v) is 8.09. The summed E-state index contributed by atoms with van der Waals surface area (Å²) in [6.07, 6.45) is -4.93. The number of rotatable bonds is 3. The number of hydrogen-bond acceptors (Lipinski definition) is 4. The lowest BCUT2D eigenvalue weighted by Crippen LogP contribution is -2.22. The van der Waals surface area contributed by atoms with Crippen molar-refractivity contribution in [2.45, 2.75) is 13.0 Å². The molecule has 0 amide bonds. The van der Waals surface area contributed by atoms with Gasteiger partial charge in [-0.25, -0.2) is 0 Å². The summed E-state index contributed by atoms with van der Waals surface area (Å²) in [6.45, 7) is -0.613. The minimum absolute atomic E-state index is 0.119. The molecule has 0 unspecified atom stereocenters. The number of H-pyrrole nitrogens is 1. The summed E-state index contributed by atoms with van der Waals surface area (Å²) in [5.41, 5.74) is -0.992. The van der Waals surface area contributed by atoms with Crippen LogP contribution in [0, 0.1) is 0 Å². The lowest BCUT2D eigenvalue weighted by atomic mass is 10.3. The van der Waals surface area contributed by atoms with Gasteiger partial charge in [-0.15, -0.1) is 13.2 Å². The van der Waals surface area contributed by atoms with Gasteiger partial charge in [-0.1, -0.05) is 0 Å². The lowest BCUT2D eigenvalue weighted by Gasteiger charge is -2.12. The number of alkyl halides is 3. The number of aliphatic hydroxyl groups is 1. The lowest BCUT2D eigenvalue weighted by molar-refractivity contribution is -0.276. The van der Waals surface area contributed by atoms with Crippen molar-refractivity contribution in [2.75, 3.05) is 7.11 Å². The monoisotopic (exact) mass is 239 g/mol. The van der Waals surface area contributed by atoms with E-state index < -0.39 is 24.4 Å². The van der Waals surface area contributed by atoms with Crippen molar-refractivity contribution in [3.63, 3.8) is 0 Å². The van der Waals surface area contributed by atoms with Crippen LogP contribution in [0.3, 0.4) is 0 Å². The Morgan fingerprint density at radius 3 is 2.56 bits per heavy atom. The Hall–Kier alpha value is -1.70. The van der Waals surface area contributed by atoms with Crippen LogP contribution in [-0.2, 0) is 6.61 Å². The van der Waals surface area contributed by atoms with Crippen LogP contribution in [-0.4, -0.2) is 23.6 Å². The standard InChI is InChI=1S/C8H8F3NO4/c1-15-5-2-4(3-13)6(14)12-7(5)16-8(9,10)11/h2,13H,3H2,1H3,(H,12,14). The smallest absolute Gasteiger partial charge is 0.491 e. The summed E-state index contributed by atoms with van der Waals surface area (Å²) in [7, 11) is 1.11. The average Bonchev–Trinajstić information content (AvgIpc) is 2.16. The highest BCUT2D eigenvalue weighted by molar-refractivity contribution is 5.36. The van der Waals surface area contributed by atoms with Gasteiger partial charge in [0.05, 0.1) is 13.7 Å². The number of pyridine rings is 1. The second-order valence-corrected chi connectivity index (χ2v) is 2.73. The molecule has 0 fully saturated rings. The second kappa shape index (κ2) is 4.44. The summed E-state index contributed by atoms with van der Waals surface area (Å²) in [6, 6.07) is 0.972. The highest BCUT2D eigenvalue weighted by atomic mass is 19.4. The molecule has 0 atom stereocenters. The number of methoxy groups -OCH3 is 1. The quantitative estimate of drug-likeness (QED) is 0.817. The van der Waals surface area contributed by atoms with Crippen LogP contribution in [0.2, 0.25) is 0 Å². The Balaban J connectivity index is 3.19. The molecule has 5 nitrogen and oxygen atoms in total. The molecule has 0 saturated heterocycles. The fourth-order valence-electron chi connectivity index (χ4n) is 0.995. The first-order valence-corrected chi connectivity index (χ1v) is 4.04. The molecule has 0 radical (unpaired) electrons. The molecule has 1 rings (SSSR count). The number of aromatic nitrogens is 1. The topological polar surface area (TPSA) is 71.5 Å². The molecule has 0 spiro atoms. The Morgan fingerprint density at radius 1 is 1.50 bits per heavy atom. The number of ether oxygens (including phenoxy) is 2. The molecule has 1 heterocycles. The van der Waals surface area contributed by atoms with E-state index in [0.29, 0.717) is 0 Å². The Kier molecular flexibility index (Phi) is 3.43. The van der Waals surface area contributed by atoms with E-state index in [1.165, 1.54) is 0 Å². The third-order valence-corrected chi connectivity index (χ3v) is 1.66. The third-order valence-electron chi connectivity index (χ3n) is 1.66. The largest absolute Gasteiger partial charge is 0.574 e. The van der Waals surface area contributed by atoms with Crippen LogP contribution in [0.1, 0.15) is 5.56 Å². The molecule has 0 aliphatic rings. The summed E-state index contributed by atoms with van der Waals surface area (Å²) >= 11 is 0. The van der Waals surface area contributed by atoms with Gasteiger partial charge < -0.3 is 14.6 Å². The van der Waals surface area contributed by atoms with Crippen LogP contribution in [0.25, 0.3) is 0 Å². The van der Waals surface area contributed by atoms with Gasteiger partial charge in [-0.05, 0) is 6.07 Å². The first kappa shape index (κ1) is 12.4. The molecule has 90 valence electrons. The van der Waals surface area contributed by atoms with Crippen molar-refractivity contribution in [1.82, 2.24) is 4.98 Å². The van der Waals surface area contributed by atoms with Crippen LogP contribution >= 0.6 is 0 Å². The van der Waals surface area contributed by atoms with Gasteiger partial charge in [0, 0.05) is 5.56 Å². The molecule has 2 N–H and O–H groups in total. The summed E-state index contributed by atoms with van der Waals surface area (Å²) in [5.74, 6) is -1.17. The van der Waals surface area contributed by atoms with Crippen molar-refractivity contribution < 1.29 is 27.8 Å². The van der Waals surface area contributed by atoms with Gasteiger partial charge in [0.2, 0.25) is 5.88 Å². The molecule has 1 aromatic heterocycles. The van der Waals surface area contributed by atoms with Gasteiger partial charge in [-0.3, -0.25) is 9.78 Å². The molecule has 0 aromatic carbocycles. The Bertz CT molecular complexity index is 426. The molecule has 0 aliphatic heterocycles. The van der Waals surface area contributed by atoms with E-state index in [0.717, 1.165) is 13.2 Å². The van der Waals surface area contributed by atoms with Crippen molar-refractivity contribution >= 4 is 0 Å². The van der Waals surface area contributed by atoms with E-state index in [4.69, 9.17) is 5.11 Å². The number of nitrogens with one attached hydrogen (secondary N) is 1. The van der Waals surface area contributed by atoms with E-state index in [2.05, 4.69) is 9.47 Å². The zero-order valence-electron chi connectivity index (χ0n) is 8.09. The molecular formula is C8H8F3NO4. The van der Waals surface area contributed by atoms with Gasteiger partial charge >= 0.3 is 6.36 Å². The second-order valence-electron chi connectivity index (χ2n) is 2.73. The summed E-state index contributed by atoms with van der Waals surface area (Å²) in [4.78, 5) is 12.9. The highest BCUT2D eigenvalue weighted by Crippen LogP contribution is 2.28. The zero-order chi connectivity index (χ0) is 12.3. The molecule has 1 aromatic rings. The molecule has 0 saturated carbocycles. The Labute approximate surface area is 87.4 Å². The maximum Gasteiger partial charge on any atom is 0.574 e. The molecule has 8 heteroatoms. The van der Waals surface area contributed by atoms with Crippen molar-refractivity contribution in [3.8, 4) is 11.6 Å². The number of hydrogen-bond donors (Lipinski definition) is 2. The first-order valence-electron chi connectivity index (χ1n) is 4.04. The van der Waals surface area contributed by atoms with Crippen LogP contribution in [0.5, 0.6) is 11.6 Å². The van der Waals surface area contributed by atoms with Crippen molar-refractivity contribution in [3.05, 3.63) is 22.0 Å². The van der Waals surface area contributed by atoms with Crippen molar-refractivity contribution in [1.29, 1.82) is 0 Å². The normalized spacial score (nSPS) is 11.3. The highest BCUT2D eigenvalue weighted by Gasteiger charge is 2.33. The number of aliphatic hydroxyl groups excluding tert-OH is 1. The SMILES string of the molecule is COc1cc(CO)c(=O)[nH]c1OC(F)(F)F. The maximum absolute atomic E-state index is 11.9. The summed E-state index contributed by atoms with van der Waals surface area (Å²) in [5, 5.41) is 8.72. The van der Waals surface area contributed by atoms with Crippen LogP contribution < -0.4 is 15.0 Å². The average molecular weight is 239 g/mol. The van der Waals surface area contributed by atoms with E-state index in [1.807, 2.05) is 4.98 Å². The molecule has 16 heavy (non-hydrogen) atoms. The fraction of sp³-hybridized carbons (Fsp3) is 0.375. The van der Waals surface area contributed by atoms with E-state index in [-0.39, 0.29) is 11.3 Å². The minimum atomic E-state index is -4.93. The van der Waals surface area contributed by atoms with E-state index in [9.17, 15) is 18.0 Å². The first-order chi connectivity index (χ1) is 7.37.